The summed E-state index contributed by atoms with van der Waals surface area (Å²) in [7, 11) is 0. The van der Waals surface area contributed by atoms with Gasteiger partial charge in [0.2, 0.25) is 0 Å². The van der Waals surface area contributed by atoms with Crippen LogP contribution in [-0.4, -0.2) is 34.1 Å². The minimum absolute atomic E-state index is 0.0126. The van der Waals surface area contributed by atoms with E-state index >= 15 is 0 Å². The van der Waals surface area contributed by atoms with Gasteiger partial charge < -0.3 is 14.4 Å². The van der Waals surface area contributed by atoms with Gasteiger partial charge in [-0.15, -0.1) is 0 Å². The second-order valence-electron chi connectivity index (χ2n) is 6.85. The number of rotatable bonds is 2. The standard InChI is InChI=1S/C17H25NO3/c1-12-8-11-21-15(12)16(19)18-10-5-7-14(18)13-6-3-4-9-17(13,2)20/h8,11,13-14,20H,3-7,9-10H2,1-2H3/t13-,14+,17+/m0/s1. The summed E-state index contributed by atoms with van der Waals surface area (Å²) in [6, 6.07) is 1.98. The number of carbonyl (C=O) groups is 1. The van der Waals surface area contributed by atoms with Crippen molar-refractivity contribution in [2.75, 3.05) is 6.54 Å². The fourth-order valence-corrected chi connectivity index (χ4v) is 4.14. The van der Waals surface area contributed by atoms with Crippen molar-refractivity contribution >= 4 is 5.91 Å². The zero-order valence-corrected chi connectivity index (χ0v) is 13.0. The van der Waals surface area contributed by atoms with Gasteiger partial charge in [-0.05, 0) is 45.6 Å². The van der Waals surface area contributed by atoms with Gasteiger partial charge in [-0.1, -0.05) is 12.8 Å². The Morgan fingerprint density at radius 1 is 1.38 bits per heavy atom. The number of nitrogens with zero attached hydrogens (tertiary/aromatic N) is 1. The number of aryl methyl sites for hydroxylation is 1. The molecule has 1 amide bonds. The van der Waals surface area contributed by atoms with Crippen LogP contribution in [0.2, 0.25) is 0 Å². The highest BCUT2D eigenvalue weighted by molar-refractivity contribution is 5.93. The van der Waals surface area contributed by atoms with E-state index in [9.17, 15) is 9.90 Å². The van der Waals surface area contributed by atoms with Gasteiger partial charge in [0.15, 0.2) is 5.76 Å². The van der Waals surface area contributed by atoms with Crippen molar-refractivity contribution in [1.29, 1.82) is 0 Å². The van der Waals surface area contributed by atoms with E-state index in [1.165, 1.54) is 0 Å². The van der Waals surface area contributed by atoms with E-state index in [1.807, 2.05) is 24.8 Å². The molecule has 1 aliphatic heterocycles. The zero-order valence-electron chi connectivity index (χ0n) is 13.0. The summed E-state index contributed by atoms with van der Waals surface area (Å²) in [6.45, 7) is 4.62. The normalized spacial score (nSPS) is 33.4. The minimum atomic E-state index is -0.649. The summed E-state index contributed by atoms with van der Waals surface area (Å²) >= 11 is 0. The molecule has 1 aromatic rings. The highest BCUT2D eigenvalue weighted by Gasteiger charge is 2.45. The summed E-state index contributed by atoms with van der Waals surface area (Å²) in [5, 5.41) is 10.7. The van der Waals surface area contributed by atoms with Crippen LogP contribution in [0.4, 0.5) is 0 Å². The Hall–Kier alpha value is -1.29. The molecule has 0 aromatic carbocycles. The lowest BCUT2D eigenvalue weighted by Gasteiger charge is -2.43. The Labute approximate surface area is 126 Å². The minimum Gasteiger partial charge on any atom is -0.459 e. The van der Waals surface area contributed by atoms with Gasteiger partial charge in [-0.3, -0.25) is 4.79 Å². The van der Waals surface area contributed by atoms with Gasteiger partial charge in [0.25, 0.3) is 5.91 Å². The van der Waals surface area contributed by atoms with E-state index in [0.717, 1.165) is 50.6 Å². The third kappa shape index (κ3) is 2.61. The number of aliphatic hydroxyl groups is 1. The molecule has 2 heterocycles. The molecule has 4 heteroatoms. The van der Waals surface area contributed by atoms with Gasteiger partial charge >= 0.3 is 0 Å². The Bertz CT molecular complexity index is 520. The predicted octanol–water partition coefficient (Wildman–Crippen LogP) is 3.13. The van der Waals surface area contributed by atoms with Crippen LogP contribution in [-0.2, 0) is 0 Å². The molecule has 3 rings (SSSR count). The van der Waals surface area contributed by atoms with Crippen LogP contribution < -0.4 is 0 Å². The van der Waals surface area contributed by atoms with Crippen LogP contribution in [0.5, 0.6) is 0 Å². The molecule has 0 radical (unpaired) electrons. The van der Waals surface area contributed by atoms with Crippen LogP contribution in [0.3, 0.4) is 0 Å². The Morgan fingerprint density at radius 3 is 2.86 bits per heavy atom. The maximum absolute atomic E-state index is 12.7. The Kier molecular flexibility index (Phi) is 3.82. The van der Waals surface area contributed by atoms with E-state index in [0.29, 0.717) is 5.76 Å². The fraction of sp³-hybridized carbons (Fsp3) is 0.706. The number of carbonyl (C=O) groups excluding carboxylic acids is 1. The zero-order chi connectivity index (χ0) is 15.0. The van der Waals surface area contributed by atoms with Gasteiger partial charge in [-0.2, -0.15) is 0 Å². The molecule has 1 aliphatic carbocycles. The van der Waals surface area contributed by atoms with E-state index in [2.05, 4.69) is 0 Å². The van der Waals surface area contributed by atoms with Crippen LogP contribution >= 0.6 is 0 Å². The first-order valence-electron chi connectivity index (χ1n) is 8.08. The molecule has 3 atom stereocenters. The topological polar surface area (TPSA) is 53.7 Å². The van der Waals surface area contributed by atoms with Crippen LogP contribution in [0, 0.1) is 12.8 Å². The van der Waals surface area contributed by atoms with Crippen molar-refractivity contribution in [1.82, 2.24) is 4.90 Å². The van der Waals surface area contributed by atoms with Gasteiger partial charge in [0.05, 0.1) is 11.9 Å². The number of likely N-dealkylation sites (tertiary alicyclic amines) is 1. The lowest BCUT2D eigenvalue weighted by atomic mass is 9.72. The van der Waals surface area contributed by atoms with Crippen LogP contribution in [0.1, 0.15) is 61.6 Å². The number of furan rings is 1. The van der Waals surface area contributed by atoms with Crippen LogP contribution in [0.15, 0.2) is 16.7 Å². The average molecular weight is 291 g/mol. The Morgan fingerprint density at radius 2 is 2.19 bits per heavy atom. The van der Waals surface area contributed by atoms with Crippen molar-refractivity contribution in [3.8, 4) is 0 Å². The third-order valence-electron chi connectivity index (χ3n) is 5.33. The van der Waals surface area contributed by atoms with E-state index in [4.69, 9.17) is 4.42 Å². The molecular formula is C17H25NO3. The first-order valence-corrected chi connectivity index (χ1v) is 8.08. The van der Waals surface area contributed by atoms with Crippen molar-refractivity contribution in [2.24, 2.45) is 5.92 Å². The number of hydrogen-bond acceptors (Lipinski definition) is 3. The van der Waals surface area contributed by atoms with Crippen LogP contribution in [0.25, 0.3) is 0 Å². The molecule has 0 unspecified atom stereocenters. The molecule has 116 valence electrons. The highest BCUT2D eigenvalue weighted by atomic mass is 16.3. The second kappa shape index (κ2) is 5.48. The predicted molar refractivity (Wildman–Crippen MR) is 80.1 cm³/mol. The van der Waals surface area contributed by atoms with Crippen molar-refractivity contribution in [2.45, 2.75) is 64.0 Å². The Balaban J connectivity index is 1.82. The summed E-state index contributed by atoms with van der Waals surface area (Å²) < 4.78 is 5.37. The van der Waals surface area contributed by atoms with Crippen molar-refractivity contribution < 1.29 is 14.3 Å². The number of amides is 1. The fourth-order valence-electron chi connectivity index (χ4n) is 4.14. The highest BCUT2D eigenvalue weighted by Crippen LogP contribution is 2.41. The first kappa shape index (κ1) is 14.6. The lowest BCUT2D eigenvalue weighted by molar-refractivity contribution is -0.0580. The summed E-state index contributed by atoms with van der Waals surface area (Å²) in [5.74, 6) is 0.631. The molecular weight excluding hydrogens is 266 g/mol. The SMILES string of the molecule is Cc1ccoc1C(=O)N1CCC[C@@H]1[C@@H]1CCCC[C@@]1(C)O. The monoisotopic (exact) mass is 291 g/mol. The van der Waals surface area contributed by atoms with Gasteiger partial charge in [0.1, 0.15) is 0 Å². The molecule has 4 nitrogen and oxygen atoms in total. The summed E-state index contributed by atoms with van der Waals surface area (Å²) in [4.78, 5) is 14.7. The maximum Gasteiger partial charge on any atom is 0.290 e. The van der Waals surface area contributed by atoms with E-state index in [1.54, 1.807) is 6.26 Å². The largest absolute Gasteiger partial charge is 0.459 e. The van der Waals surface area contributed by atoms with E-state index in [-0.39, 0.29) is 17.9 Å². The van der Waals surface area contributed by atoms with Crippen molar-refractivity contribution in [3.63, 3.8) is 0 Å². The average Bonchev–Trinajstić information content (AvgIpc) is 3.06. The quantitative estimate of drug-likeness (QED) is 0.910. The first-order chi connectivity index (χ1) is 10.0. The molecule has 1 saturated heterocycles. The smallest absolute Gasteiger partial charge is 0.290 e. The summed E-state index contributed by atoms with van der Waals surface area (Å²) in [5.41, 5.74) is 0.241. The van der Waals surface area contributed by atoms with Gasteiger partial charge in [0, 0.05) is 24.1 Å². The second-order valence-corrected chi connectivity index (χ2v) is 6.85. The molecule has 1 N–H and O–H groups in total. The van der Waals surface area contributed by atoms with Gasteiger partial charge in [-0.25, -0.2) is 0 Å². The molecule has 2 fully saturated rings. The third-order valence-corrected chi connectivity index (χ3v) is 5.33. The molecule has 21 heavy (non-hydrogen) atoms. The molecule has 2 aliphatic rings. The lowest BCUT2D eigenvalue weighted by Crippen LogP contribution is -2.50. The molecule has 1 saturated carbocycles. The molecule has 0 spiro atoms. The number of hydrogen-bond donors (Lipinski definition) is 1. The molecule has 1 aromatic heterocycles. The van der Waals surface area contributed by atoms with Crippen molar-refractivity contribution in [3.05, 3.63) is 23.7 Å². The molecule has 0 bridgehead atoms. The van der Waals surface area contributed by atoms with E-state index < -0.39 is 5.60 Å². The summed E-state index contributed by atoms with van der Waals surface area (Å²) in [6.07, 6.45) is 7.68. The maximum atomic E-state index is 12.7.